The minimum atomic E-state index is -4.69. The summed E-state index contributed by atoms with van der Waals surface area (Å²) >= 11 is 0. The highest BCUT2D eigenvalue weighted by Crippen LogP contribution is 2.36. The van der Waals surface area contributed by atoms with E-state index in [0.29, 0.717) is 11.3 Å². The molecular weight excluding hydrogens is 275 g/mol. The molecular formula is C12H12F3N3O2. The van der Waals surface area contributed by atoms with E-state index in [-0.39, 0.29) is 5.82 Å². The number of methoxy groups -OCH3 is 1. The quantitative estimate of drug-likeness (QED) is 0.938. The van der Waals surface area contributed by atoms with Crippen molar-refractivity contribution in [2.45, 2.75) is 18.6 Å². The van der Waals surface area contributed by atoms with Crippen LogP contribution < -0.4 is 10.5 Å². The number of nitrogens with two attached hydrogens (primary N) is 1. The van der Waals surface area contributed by atoms with E-state index in [2.05, 4.69) is 14.7 Å². The highest BCUT2D eigenvalue weighted by molar-refractivity contribution is 5.56. The molecule has 0 bridgehead atoms. The number of ether oxygens (including phenoxy) is 1. The van der Waals surface area contributed by atoms with E-state index >= 15 is 0 Å². The lowest BCUT2D eigenvalue weighted by molar-refractivity contribution is -0.190. The molecule has 0 radical (unpaired) electrons. The number of halogens is 3. The van der Waals surface area contributed by atoms with Crippen molar-refractivity contribution in [1.29, 1.82) is 0 Å². The molecule has 1 atom stereocenters. The number of rotatable bonds is 3. The molecule has 1 unspecified atom stereocenters. The molecule has 20 heavy (non-hydrogen) atoms. The lowest BCUT2D eigenvalue weighted by Crippen LogP contribution is -2.47. The number of nitrogens with zero attached hydrogens (tertiary/aromatic N) is 2. The van der Waals surface area contributed by atoms with Crippen LogP contribution in [0.25, 0.3) is 11.4 Å². The molecule has 0 fully saturated rings. The van der Waals surface area contributed by atoms with Gasteiger partial charge in [-0.3, -0.25) is 0 Å². The fraction of sp³-hybridized carbons (Fsp3) is 0.333. The zero-order valence-corrected chi connectivity index (χ0v) is 10.7. The van der Waals surface area contributed by atoms with Crippen molar-refractivity contribution in [3.05, 3.63) is 30.2 Å². The smallest absolute Gasteiger partial charge is 0.415 e. The predicted octanol–water partition coefficient (Wildman–Crippen LogP) is 2.48. The van der Waals surface area contributed by atoms with Crippen LogP contribution in [0.2, 0.25) is 0 Å². The topological polar surface area (TPSA) is 74.2 Å². The average molecular weight is 287 g/mol. The van der Waals surface area contributed by atoms with Crippen LogP contribution in [0.5, 0.6) is 5.75 Å². The van der Waals surface area contributed by atoms with Gasteiger partial charge in [-0.1, -0.05) is 17.3 Å². The van der Waals surface area contributed by atoms with Crippen LogP contribution in [0.15, 0.2) is 28.8 Å². The second-order valence-electron chi connectivity index (χ2n) is 4.36. The number of hydrogen-bond donors (Lipinski definition) is 1. The van der Waals surface area contributed by atoms with Crippen LogP contribution in [0.3, 0.4) is 0 Å². The molecule has 8 heteroatoms. The lowest BCUT2D eigenvalue weighted by atomic mass is 10.0. The Morgan fingerprint density at radius 3 is 2.60 bits per heavy atom. The van der Waals surface area contributed by atoms with Gasteiger partial charge in [-0.05, 0) is 19.1 Å². The molecule has 0 aliphatic heterocycles. The molecule has 0 saturated heterocycles. The molecule has 1 heterocycles. The molecule has 1 aromatic carbocycles. The molecule has 2 aromatic rings. The Labute approximate surface area is 112 Å². The molecule has 108 valence electrons. The molecule has 0 aliphatic carbocycles. The lowest BCUT2D eigenvalue weighted by Gasteiger charge is -2.22. The van der Waals surface area contributed by atoms with Crippen LogP contribution >= 0.6 is 0 Å². The first-order valence-corrected chi connectivity index (χ1v) is 5.60. The van der Waals surface area contributed by atoms with Crippen LogP contribution in [0, 0.1) is 0 Å². The summed E-state index contributed by atoms with van der Waals surface area (Å²) in [4.78, 5) is 3.72. The van der Waals surface area contributed by atoms with Crippen molar-refractivity contribution in [3.63, 3.8) is 0 Å². The van der Waals surface area contributed by atoms with Crippen LogP contribution in [0.1, 0.15) is 12.8 Å². The van der Waals surface area contributed by atoms with E-state index < -0.39 is 17.6 Å². The minimum absolute atomic E-state index is 0.0137. The molecule has 0 spiro atoms. The third-order valence-corrected chi connectivity index (χ3v) is 2.79. The zero-order valence-electron chi connectivity index (χ0n) is 10.7. The van der Waals surface area contributed by atoms with Gasteiger partial charge in [0.2, 0.25) is 5.82 Å². The van der Waals surface area contributed by atoms with Crippen molar-refractivity contribution < 1.29 is 22.4 Å². The third kappa shape index (κ3) is 2.46. The molecule has 2 rings (SSSR count). The number of alkyl halides is 3. The van der Waals surface area contributed by atoms with E-state index in [0.717, 1.165) is 6.92 Å². The number of benzene rings is 1. The Hall–Kier alpha value is -2.09. The van der Waals surface area contributed by atoms with Gasteiger partial charge in [-0.2, -0.15) is 18.2 Å². The first kappa shape index (κ1) is 14.3. The van der Waals surface area contributed by atoms with E-state index in [1.807, 2.05) is 0 Å². The van der Waals surface area contributed by atoms with E-state index in [4.69, 9.17) is 10.5 Å². The van der Waals surface area contributed by atoms with Gasteiger partial charge in [0.05, 0.1) is 7.11 Å². The molecule has 0 saturated carbocycles. The molecule has 0 amide bonds. The van der Waals surface area contributed by atoms with Gasteiger partial charge in [0.15, 0.2) is 5.54 Å². The van der Waals surface area contributed by atoms with Gasteiger partial charge in [-0.15, -0.1) is 0 Å². The third-order valence-electron chi connectivity index (χ3n) is 2.79. The van der Waals surface area contributed by atoms with Crippen LogP contribution in [0.4, 0.5) is 13.2 Å². The minimum Gasteiger partial charge on any atom is -0.497 e. The fourth-order valence-electron chi connectivity index (χ4n) is 1.44. The van der Waals surface area contributed by atoms with Gasteiger partial charge in [0.1, 0.15) is 5.75 Å². The maximum Gasteiger partial charge on any atom is 0.415 e. The van der Waals surface area contributed by atoms with Crippen molar-refractivity contribution in [2.75, 3.05) is 7.11 Å². The van der Waals surface area contributed by atoms with Crippen molar-refractivity contribution in [3.8, 4) is 17.1 Å². The van der Waals surface area contributed by atoms with E-state index in [1.165, 1.54) is 7.11 Å². The summed E-state index contributed by atoms with van der Waals surface area (Å²) in [5.74, 6) is -0.150. The van der Waals surface area contributed by atoms with Crippen molar-refractivity contribution in [1.82, 2.24) is 10.1 Å². The van der Waals surface area contributed by atoms with Gasteiger partial charge >= 0.3 is 6.18 Å². The summed E-state index contributed by atoms with van der Waals surface area (Å²) in [6, 6.07) is 6.55. The fourth-order valence-corrected chi connectivity index (χ4v) is 1.44. The standard InChI is InChI=1S/C12H12F3N3O2/c1-11(16,12(13,14)15)10-17-9(18-20-10)7-4-3-5-8(6-7)19-2/h3-6H,16H2,1-2H3. The molecule has 5 nitrogen and oxygen atoms in total. The Morgan fingerprint density at radius 2 is 2.00 bits per heavy atom. The second-order valence-corrected chi connectivity index (χ2v) is 4.36. The summed E-state index contributed by atoms with van der Waals surface area (Å²) < 4.78 is 48.0. The molecule has 2 N–H and O–H groups in total. The molecule has 0 aliphatic rings. The van der Waals surface area contributed by atoms with Crippen molar-refractivity contribution >= 4 is 0 Å². The Morgan fingerprint density at radius 1 is 1.30 bits per heavy atom. The Kier molecular flexibility index (Phi) is 3.43. The maximum absolute atomic E-state index is 12.8. The van der Waals surface area contributed by atoms with Crippen LogP contribution in [-0.4, -0.2) is 23.4 Å². The maximum atomic E-state index is 12.8. The highest BCUT2D eigenvalue weighted by Gasteiger charge is 2.53. The first-order chi connectivity index (χ1) is 9.25. The monoisotopic (exact) mass is 287 g/mol. The second kappa shape index (κ2) is 4.78. The van der Waals surface area contributed by atoms with Gasteiger partial charge < -0.3 is 15.0 Å². The summed E-state index contributed by atoms with van der Waals surface area (Å²) in [6.45, 7) is 0.774. The van der Waals surface area contributed by atoms with Gasteiger partial charge in [-0.25, -0.2) is 0 Å². The summed E-state index contributed by atoms with van der Waals surface area (Å²) in [5.41, 5.74) is 2.99. The first-order valence-electron chi connectivity index (χ1n) is 5.60. The summed E-state index contributed by atoms with van der Waals surface area (Å²) in [5, 5.41) is 3.52. The zero-order chi connectivity index (χ0) is 15.0. The molecule has 1 aromatic heterocycles. The van der Waals surface area contributed by atoms with Crippen molar-refractivity contribution in [2.24, 2.45) is 5.73 Å². The van der Waals surface area contributed by atoms with Gasteiger partial charge in [0.25, 0.3) is 5.89 Å². The van der Waals surface area contributed by atoms with E-state index in [9.17, 15) is 13.2 Å². The predicted molar refractivity (Wildman–Crippen MR) is 63.9 cm³/mol. The normalized spacial score (nSPS) is 14.9. The SMILES string of the molecule is COc1cccc(-c2noc(C(C)(N)C(F)(F)F)n2)c1. The number of hydrogen-bond acceptors (Lipinski definition) is 5. The summed E-state index contributed by atoms with van der Waals surface area (Å²) in [6.07, 6.45) is -4.69. The Balaban J connectivity index is 2.38. The largest absolute Gasteiger partial charge is 0.497 e. The van der Waals surface area contributed by atoms with Crippen LogP contribution in [-0.2, 0) is 5.54 Å². The van der Waals surface area contributed by atoms with E-state index in [1.54, 1.807) is 24.3 Å². The Bertz CT molecular complexity index is 608. The van der Waals surface area contributed by atoms with Gasteiger partial charge in [0, 0.05) is 5.56 Å². The summed E-state index contributed by atoms with van der Waals surface area (Å²) in [7, 11) is 1.47. The highest BCUT2D eigenvalue weighted by atomic mass is 19.4. The number of aromatic nitrogens is 2. The average Bonchev–Trinajstić information content (AvgIpc) is 2.87.